The van der Waals surface area contributed by atoms with Crippen LogP contribution in [0.3, 0.4) is 0 Å². The van der Waals surface area contributed by atoms with E-state index < -0.39 is 5.97 Å². The average molecular weight is 440 g/mol. The maximum absolute atomic E-state index is 12.9. The second kappa shape index (κ2) is 8.41. The Balaban J connectivity index is 1.58. The first kappa shape index (κ1) is 20.3. The van der Waals surface area contributed by atoms with Gasteiger partial charge >= 0.3 is 5.97 Å². The minimum atomic E-state index is -0.518. The van der Waals surface area contributed by atoms with Gasteiger partial charge < -0.3 is 14.2 Å². The molecule has 0 saturated heterocycles. The van der Waals surface area contributed by atoms with Crippen molar-refractivity contribution >= 4 is 44.8 Å². The number of hydrogen-bond acceptors (Lipinski definition) is 6. The molecule has 0 radical (unpaired) electrons. The van der Waals surface area contributed by atoms with Gasteiger partial charge in [0, 0.05) is 37.1 Å². The number of nitrogens with zero attached hydrogens (tertiary/aromatic N) is 3. The molecule has 8 heteroatoms. The molecule has 1 amide bonds. The van der Waals surface area contributed by atoms with E-state index in [-0.39, 0.29) is 12.5 Å². The molecule has 4 aromatic heterocycles. The quantitative estimate of drug-likeness (QED) is 0.413. The van der Waals surface area contributed by atoms with Crippen molar-refractivity contribution in [1.82, 2.24) is 14.5 Å². The van der Waals surface area contributed by atoms with E-state index >= 15 is 0 Å². The minimum absolute atomic E-state index is 0.247. The fraction of sp³-hybridized carbons (Fsp3) is 0.227. The Labute approximate surface area is 182 Å². The molecule has 0 spiro atoms. The zero-order valence-corrected chi connectivity index (χ0v) is 18.5. The molecule has 0 atom stereocenters. The largest absolute Gasteiger partial charge is 0.451 e. The number of esters is 1. The fourth-order valence-electron chi connectivity index (χ4n) is 3.34. The topological polar surface area (TPSA) is 64.4 Å². The predicted octanol–water partition coefficient (Wildman–Crippen LogP) is 4.58. The highest BCUT2D eigenvalue weighted by molar-refractivity contribution is 7.21. The molecule has 0 aliphatic carbocycles. The first-order valence-electron chi connectivity index (χ1n) is 9.40. The third-order valence-corrected chi connectivity index (χ3v) is 6.55. The normalized spacial score (nSPS) is 11.0. The Morgan fingerprint density at radius 2 is 2.00 bits per heavy atom. The van der Waals surface area contributed by atoms with Crippen LogP contribution >= 0.6 is 22.7 Å². The molecular weight excluding hydrogens is 418 g/mol. The van der Waals surface area contributed by atoms with Gasteiger partial charge in [0.1, 0.15) is 9.71 Å². The monoisotopic (exact) mass is 439 g/mol. The lowest BCUT2D eigenvalue weighted by molar-refractivity contribution is -0.133. The standard InChI is InChI=1S/C22H21N3O3S2/c1-14-10-15(2)23-21-18(14)19(25-7-4-5-8-25)20(30-21)22(27)28-12-17(26)24(3)11-16-6-9-29-13-16/h4-10,13H,11-12H2,1-3H3. The van der Waals surface area contributed by atoms with Gasteiger partial charge in [0.25, 0.3) is 5.91 Å². The molecule has 6 nitrogen and oxygen atoms in total. The van der Waals surface area contributed by atoms with Crippen molar-refractivity contribution in [2.75, 3.05) is 13.7 Å². The Kier molecular flexibility index (Phi) is 5.69. The number of carbonyl (C=O) groups is 2. The van der Waals surface area contributed by atoms with Crippen LogP contribution < -0.4 is 0 Å². The van der Waals surface area contributed by atoms with Crippen molar-refractivity contribution in [3.05, 3.63) is 69.1 Å². The van der Waals surface area contributed by atoms with Crippen LogP contribution in [0.2, 0.25) is 0 Å². The first-order valence-corrected chi connectivity index (χ1v) is 11.2. The molecule has 0 aromatic carbocycles. The number of carbonyl (C=O) groups excluding carboxylic acids is 2. The number of thiophene rings is 2. The van der Waals surface area contributed by atoms with E-state index in [4.69, 9.17) is 4.74 Å². The van der Waals surface area contributed by atoms with Crippen molar-refractivity contribution in [1.29, 1.82) is 0 Å². The average Bonchev–Trinajstić information content (AvgIpc) is 3.45. The summed E-state index contributed by atoms with van der Waals surface area (Å²) in [5, 5.41) is 4.89. The Morgan fingerprint density at radius 3 is 2.70 bits per heavy atom. The van der Waals surface area contributed by atoms with Crippen molar-refractivity contribution < 1.29 is 14.3 Å². The molecule has 0 unspecified atom stereocenters. The van der Waals surface area contributed by atoms with Gasteiger partial charge in [-0.3, -0.25) is 4.79 Å². The number of pyridine rings is 1. The number of rotatable bonds is 6. The van der Waals surface area contributed by atoms with E-state index in [2.05, 4.69) is 4.98 Å². The summed E-state index contributed by atoms with van der Waals surface area (Å²) in [6.07, 6.45) is 3.77. The molecule has 0 aliphatic heterocycles. The molecule has 0 bridgehead atoms. The summed E-state index contributed by atoms with van der Waals surface area (Å²) >= 11 is 2.88. The highest BCUT2D eigenvalue weighted by Gasteiger charge is 2.24. The second-order valence-corrected chi connectivity index (χ2v) is 8.87. The third-order valence-electron chi connectivity index (χ3n) is 4.76. The number of fused-ring (bicyclic) bond motifs is 1. The maximum Gasteiger partial charge on any atom is 0.351 e. The number of aromatic nitrogens is 2. The smallest absolute Gasteiger partial charge is 0.351 e. The van der Waals surface area contributed by atoms with E-state index in [1.807, 2.05) is 65.8 Å². The van der Waals surface area contributed by atoms with Gasteiger partial charge in [0.05, 0.1) is 5.69 Å². The number of aryl methyl sites for hydroxylation is 2. The highest BCUT2D eigenvalue weighted by atomic mass is 32.1. The molecule has 4 heterocycles. The van der Waals surface area contributed by atoms with Crippen LogP contribution in [0.15, 0.2) is 47.4 Å². The molecular formula is C22H21N3O3S2. The van der Waals surface area contributed by atoms with Crippen molar-refractivity contribution in [2.24, 2.45) is 0 Å². The second-order valence-electron chi connectivity index (χ2n) is 7.09. The molecule has 4 aromatic rings. The van der Waals surface area contributed by atoms with E-state index in [1.165, 1.54) is 11.3 Å². The van der Waals surface area contributed by atoms with Crippen LogP contribution in [-0.4, -0.2) is 40.0 Å². The van der Waals surface area contributed by atoms with Crippen molar-refractivity contribution in [3.63, 3.8) is 0 Å². The van der Waals surface area contributed by atoms with Crippen LogP contribution in [0.4, 0.5) is 0 Å². The molecule has 4 rings (SSSR count). The Bertz CT molecular complexity index is 1190. The minimum Gasteiger partial charge on any atom is -0.451 e. The van der Waals surface area contributed by atoms with Crippen LogP contribution in [0, 0.1) is 13.8 Å². The maximum atomic E-state index is 12.9. The number of amides is 1. The lowest BCUT2D eigenvalue weighted by Crippen LogP contribution is -2.30. The molecule has 154 valence electrons. The lowest BCUT2D eigenvalue weighted by atomic mass is 10.1. The van der Waals surface area contributed by atoms with Crippen molar-refractivity contribution in [2.45, 2.75) is 20.4 Å². The summed E-state index contributed by atoms with van der Waals surface area (Å²) < 4.78 is 7.30. The predicted molar refractivity (Wildman–Crippen MR) is 119 cm³/mol. The summed E-state index contributed by atoms with van der Waals surface area (Å²) in [7, 11) is 1.70. The molecule has 0 saturated carbocycles. The first-order chi connectivity index (χ1) is 14.4. The molecule has 0 fully saturated rings. The zero-order chi connectivity index (χ0) is 21.3. The molecule has 0 N–H and O–H groups in total. The number of likely N-dealkylation sites (N-methyl/N-ethyl adjacent to an activating group) is 1. The van der Waals surface area contributed by atoms with Gasteiger partial charge in [-0.25, -0.2) is 9.78 Å². The van der Waals surface area contributed by atoms with Gasteiger partial charge in [0.2, 0.25) is 0 Å². The van der Waals surface area contributed by atoms with E-state index in [0.29, 0.717) is 11.4 Å². The number of ether oxygens (including phenoxy) is 1. The zero-order valence-electron chi connectivity index (χ0n) is 16.9. The van der Waals surface area contributed by atoms with Crippen molar-refractivity contribution in [3.8, 4) is 5.69 Å². The van der Waals surface area contributed by atoms with Crippen LogP contribution in [0.5, 0.6) is 0 Å². The third kappa shape index (κ3) is 4.01. The summed E-state index contributed by atoms with van der Waals surface area (Å²) in [5.41, 5.74) is 3.74. The SMILES string of the molecule is Cc1cc(C)c2c(-n3cccc3)c(C(=O)OCC(=O)N(C)Cc3ccsc3)sc2n1. The highest BCUT2D eigenvalue weighted by Crippen LogP contribution is 2.36. The van der Waals surface area contributed by atoms with E-state index in [0.717, 1.165) is 32.7 Å². The summed E-state index contributed by atoms with van der Waals surface area (Å²) in [6.45, 7) is 4.13. The van der Waals surface area contributed by atoms with Gasteiger partial charge in [-0.15, -0.1) is 11.3 Å². The van der Waals surface area contributed by atoms with Gasteiger partial charge in [-0.1, -0.05) is 0 Å². The summed E-state index contributed by atoms with van der Waals surface area (Å²) in [4.78, 5) is 32.8. The van der Waals surface area contributed by atoms with Crippen LogP contribution in [-0.2, 0) is 16.1 Å². The molecule has 30 heavy (non-hydrogen) atoms. The van der Waals surface area contributed by atoms with Crippen LogP contribution in [0.25, 0.3) is 15.9 Å². The number of hydrogen-bond donors (Lipinski definition) is 0. The Morgan fingerprint density at radius 1 is 1.23 bits per heavy atom. The molecule has 0 aliphatic rings. The fourth-order valence-corrected chi connectivity index (χ4v) is 5.19. The Hall–Kier alpha value is -2.97. The van der Waals surface area contributed by atoms with Gasteiger partial charge in [-0.05, 0) is 60.0 Å². The van der Waals surface area contributed by atoms with Crippen LogP contribution in [0.1, 0.15) is 26.5 Å². The van der Waals surface area contributed by atoms with Gasteiger partial charge in [-0.2, -0.15) is 11.3 Å². The summed E-state index contributed by atoms with van der Waals surface area (Å²) in [6, 6.07) is 7.77. The summed E-state index contributed by atoms with van der Waals surface area (Å²) in [5.74, 6) is -0.764. The van der Waals surface area contributed by atoms with E-state index in [9.17, 15) is 9.59 Å². The van der Waals surface area contributed by atoms with Gasteiger partial charge in [0.15, 0.2) is 6.61 Å². The lowest BCUT2D eigenvalue weighted by Gasteiger charge is -2.16. The van der Waals surface area contributed by atoms with E-state index in [1.54, 1.807) is 23.3 Å².